The number of nitrogens with zero attached hydrogens (tertiary/aromatic N) is 3. The predicted octanol–water partition coefficient (Wildman–Crippen LogP) is 6.41. The number of hydrogen-bond acceptors (Lipinski definition) is 5. The van der Waals surface area contributed by atoms with E-state index in [1.165, 1.54) is 11.1 Å². The van der Waals surface area contributed by atoms with E-state index in [4.69, 9.17) is 9.72 Å². The number of para-hydroxylation sites is 2. The lowest BCUT2D eigenvalue weighted by atomic mass is 9.88. The molecule has 1 heterocycles. The molecule has 0 unspecified atom stereocenters. The predicted molar refractivity (Wildman–Crippen MR) is 154 cm³/mol. The van der Waals surface area contributed by atoms with Gasteiger partial charge in [0.25, 0.3) is 11.5 Å². The van der Waals surface area contributed by atoms with Crippen LogP contribution in [0.25, 0.3) is 10.9 Å². The number of hydrogen-bond donors (Lipinski definition) is 1. The van der Waals surface area contributed by atoms with Crippen molar-refractivity contribution in [1.29, 1.82) is 0 Å². The Labute approximate surface area is 229 Å². The monoisotopic (exact) mass is 572 g/mol. The van der Waals surface area contributed by atoms with Gasteiger partial charge in [0.15, 0.2) is 6.61 Å². The van der Waals surface area contributed by atoms with Crippen LogP contribution in [0.3, 0.4) is 0 Å². The summed E-state index contributed by atoms with van der Waals surface area (Å²) in [7, 11) is 0. The van der Waals surface area contributed by atoms with Crippen molar-refractivity contribution in [1.82, 2.24) is 9.66 Å². The minimum atomic E-state index is -0.264. The second kappa shape index (κ2) is 11.7. The fourth-order valence-electron chi connectivity index (χ4n) is 4.79. The van der Waals surface area contributed by atoms with Crippen molar-refractivity contribution in [2.75, 3.05) is 11.9 Å². The van der Waals surface area contributed by atoms with Crippen molar-refractivity contribution >= 4 is 44.6 Å². The Morgan fingerprint density at radius 1 is 1.11 bits per heavy atom. The molecule has 1 aromatic heterocycles. The molecule has 4 aromatic rings. The fourth-order valence-corrected chi connectivity index (χ4v) is 5.17. The van der Waals surface area contributed by atoms with Gasteiger partial charge >= 0.3 is 0 Å². The Morgan fingerprint density at radius 3 is 2.68 bits per heavy atom. The van der Waals surface area contributed by atoms with Crippen molar-refractivity contribution < 1.29 is 9.53 Å². The zero-order valence-corrected chi connectivity index (χ0v) is 22.8. The summed E-state index contributed by atoms with van der Waals surface area (Å²) < 4.78 is 8.14. The number of aryl methyl sites for hydroxylation is 1. The molecule has 0 aliphatic heterocycles. The van der Waals surface area contributed by atoms with Crippen LogP contribution in [0.1, 0.15) is 55.0 Å². The van der Waals surface area contributed by atoms with Crippen molar-refractivity contribution in [3.8, 4) is 5.75 Å². The molecule has 0 spiro atoms. The van der Waals surface area contributed by atoms with E-state index in [0.29, 0.717) is 28.0 Å². The Bertz CT molecular complexity index is 1560. The third-order valence-electron chi connectivity index (χ3n) is 6.81. The number of nitrogens with one attached hydrogen (secondary N) is 1. The minimum absolute atomic E-state index is 0.165. The molecule has 5 rings (SSSR count). The van der Waals surface area contributed by atoms with Crippen LogP contribution in [0.15, 0.2) is 81.1 Å². The molecule has 0 radical (unpaired) electrons. The highest BCUT2D eigenvalue weighted by atomic mass is 79.9. The summed E-state index contributed by atoms with van der Waals surface area (Å²) in [6.07, 6.45) is 7.01. The molecule has 1 fully saturated rings. The molecule has 1 amide bonds. The number of ether oxygens (including phenoxy) is 1. The van der Waals surface area contributed by atoms with Crippen molar-refractivity contribution in [3.05, 3.63) is 98.5 Å². The van der Waals surface area contributed by atoms with Crippen LogP contribution in [-0.4, -0.2) is 28.4 Å². The third-order valence-corrected chi connectivity index (χ3v) is 7.30. The maximum atomic E-state index is 13.5. The molecule has 1 aliphatic rings. The van der Waals surface area contributed by atoms with Gasteiger partial charge in [0.1, 0.15) is 11.6 Å². The average molecular weight is 573 g/mol. The van der Waals surface area contributed by atoms with Crippen LogP contribution in [0.5, 0.6) is 5.75 Å². The molecule has 0 atom stereocenters. The molecule has 3 aromatic carbocycles. The van der Waals surface area contributed by atoms with Gasteiger partial charge in [-0.15, -0.1) is 0 Å². The second-order valence-electron chi connectivity index (χ2n) is 9.52. The molecule has 7 nitrogen and oxygen atoms in total. The molecule has 38 heavy (non-hydrogen) atoms. The summed E-state index contributed by atoms with van der Waals surface area (Å²) >= 11 is 3.50. The highest BCUT2D eigenvalue weighted by Gasteiger charge is 2.22. The molecule has 194 valence electrons. The summed E-state index contributed by atoms with van der Waals surface area (Å²) in [5.41, 5.74) is 2.86. The largest absolute Gasteiger partial charge is 0.483 e. The molecule has 0 bridgehead atoms. The standard InChI is InChI=1S/C30H29BrN4O3/c1-20-9-5-7-13-25(20)33-28(36)19-38-27-16-15-23(31)17-22(27)18-32-35-29(21-10-3-2-4-11-21)34-26-14-8-6-12-24(26)30(35)37/h5-9,12-18,21H,2-4,10-11,19H2,1H3,(H,33,36). The number of benzene rings is 3. The lowest BCUT2D eigenvalue weighted by Gasteiger charge is -2.22. The Morgan fingerprint density at radius 2 is 1.87 bits per heavy atom. The van der Waals surface area contributed by atoms with Crippen LogP contribution in [0, 0.1) is 6.92 Å². The normalized spacial score (nSPS) is 14.2. The van der Waals surface area contributed by atoms with E-state index in [0.717, 1.165) is 41.4 Å². The van der Waals surface area contributed by atoms with Crippen LogP contribution >= 0.6 is 15.9 Å². The molecule has 0 saturated heterocycles. The number of halogens is 1. The van der Waals surface area contributed by atoms with Crippen LogP contribution in [-0.2, 0) is 4.79 Å². The summed E-state index contributed by atoms with van der Waals surface area (Å²) in [4.78, 5) is 30.9. The Kier molecular flexibility index (Phi) is 7.98. The summed E-state index contributed by atoms with van der Waals surface area (Å²) in [6, 6.07) is 20.4. The smallest absolute Gasteiger partial charge is 0.282 e. The van der Waals surface area contributed by atoms with E-state index >= 15 is 0 Å². The summed E-state index contributed by atoms with van der Waals surface area (Å²) in [6.45, 7) is 1.77. The number of anilines is 1. The van der Waals surface area contributed by atoms with Crippen LogP contribution in [0.4, 0.5) is 5.69 Å². The number of aromatic nitrogens is 2. The minimum Gasteiger partial charge on any atom is -0.483 e. The molecule has 1 N–H and O–H groups in total. The number of carbonyl (C=O) groups excluding carboxylic acids is 1. The van der Waals surface area contributed by atoms with Gasteiger partial charge < -0.3 is 10.1 Å². The van der Waals surface area contributed by atoms with E-state index in [1.807, 2.05) is 61.5 Å². The van der Waals surface area contributed by atoms with E-state index in [9.17, 15) is 9.59 Å². The van der Waals surface area contributed by atoms with E-state index in [2.05, 4.69) is 26.3 Å². The number of rotatable bonds is 7. The highest BCUT2D eigenvalue weighted by molar-refractivity contribution is 9.10. The second-order valence-corrected chi connectivity index (χ2v) is 10.4. The third kappa shape index (κ3) is 5.86. The quantitative estimate of drug-likeness (QED) is 0.259. The van der Waals surface area contributed by atoms with Gasteiger partial charge in [-0.05, 0) is 61.7 Å². The molecular weight excluding hydrogens is 544 g/mol. The summed E-state index contributed by atoms with van der Waals surface area (Å²) in [5.74, 6) is 1.10. The highest BCUT2D eigenvalue weighted by Crippen LogP contribution is 2.32. The molecule has 1 aliphatic carbocycles. The van der Waals surface area contributed by atoms with Crippen molar-refractivity contribution in [3.63, 3.8) is 0 Å². The van der Waals surface area contributed by atoms with Gasteiger partial charge in [-0.1, -0.05) is 65.5 Å². The first-order chi connectivity index (χ1) is 18.5. The van der Waals surface area contributed by atoms with Gasteiger partial charge in [-0.2, -0.15) is 9.78 Å². The van der Waals surface area contributed by atoms with Gasteiger partial charge in [0, 0.05) is 21.6 Å². The van der Waals surface area contributed by atoms with E-state index < -0.39 is 0 Å². The number of amides is 1. The first-order valence-corrected chi connectivity index (χ1v) is 13.6. The fraction of sp³-hybridized carbons (Fsp3) is 0.267. The van der Waals surface area contributed by atoms with Gasteiger partial charge in [-0.3, -0.25) is 9.59 Å². The summed E-state index contributed by atoms with van der Waals surface area (Å²) in [5, 5.41) is 8.03. The maximum Gasteiger partial charge on any atom is 0.282 e. The van der Waals surface area contributed by atoms with E-state index in [1.54, 1.807) is 18.3 Å². The number of carbonyl (C=O) groups is 1. The molecule has 8 heteroatoms. The van der Waals surface area contributed by atoms with E-state index in [-0.39, 0.29) is 24.0 Å². The molecular formula is C30H29BrN4O3. The first-order valence-electron chi connectivity index (χ1n) is 12.8. The van der Waals surface area contributed by atoms with Crippen molar-refractivity contribution in [2.24, 2.45) is 5.10 Å². The lowest BCUT2D eigenvalue weighted by molar-refractivity contribution is -0.118. The van der Waals surface area contributed by atoms with Crippen LogP contribution < -0.4 is 15.6 Å². The molecule has 1 saturated carbocycles. The topological polar surface area (TPSA) is 85.6 Å². The first kappa shape index (κ1) is 25.9. The lowest BCUT2D eigenvalue weighted by Crippen LogP contribution is -2.25. The van der Waals surface area contributed by atoms with Gasteiger partial charge in [-0.25, -0.2) is 4.98 Å². The Balaban J connectivity index is 1.43. The van der Waals surface area contributed by atoms with Gasteiger partial charge in [0.2, 0.25) is 0 Å². The van der Waals surface area contributed by atoms with Gasteiger partial charge in [0.05, 0.1) is 17.1 Å². The zero-order valence-electron chi connectivity index (χ0n) is 21.2. The number of fused-ring (bicyclic) bond motifs is 1. The zero-order chi connectivity index (χ0) is 26.5. The SMILES string of the molecule is Cc1ccccc1NC(=O)COc1ccc(Br)cc1C=Nn1c(C2CCCCC2)nc2ccccc2c1=O. The Hall–Kier alpha value is -3.78. The maximum absolute atomic E-state index is 13.5. The van der Waals surface area contributed by atoms with Crippen molar-refractivity contribution in [2.45, 2.75) is 44.9 Å². The van der Waals surface area contributed by atoms with Crippen LogP contribution in [0.2, 0.25) is 0 Å². The average Bonchev–Trinajstić information content (AvgIpc) is 2.93.